The van der Waals surface area contributed by atoms with Crippen molar-refractivity contribution in [2.75, 3.05) is 33.7 Å². The van der Waals surface area contributed by atoms with Crippen LogP contribution in [0.2, 0.25) is 0 Å². The number of benzene rings is 2. The monoisotopic (exact) mass is 471 g/mol. The van der Waals surface area contributed by atoms with E-state index in [0.29, 0.717) is 30.6 Å². The average molecular weight is 471 g/mol. The molecule has 142 valence electrons. The van der Waals surface area contributed by atoms with Gasteiger partial charge in [0.15, 0.2) is 17.5 Å². The van der Waals surface area contributed by atoms with E-state index in [9.17, 15) is 0 Å². The standard InChI is InChI=1S/C19H25N3O3.HI/c1-20-19(21-12-14-7-5-6-8-15(14)13-23-2)22-16-9-10-17(24-3)18(11-16)25-4;/h5-11H,12-13H2,1-4H3,(H2,20,21,22);1H. The molecule has 7 heteroatoms. The average Bonchev–Trinajstić information content (AvgIpc) is 2.66. The van der Waals surface area contributed by atoms with E-state index >= 15 is 0 Å². The number of guanidine groups is 1. The Hall–Kier alpha value is -2.00. The highest BCUT2D eigenvalue weighted by atomic mass is 127. The second kappa shape index (κ2) is 11.6. The zero-order chi connectivity index (χ0) is 18.1. The van der Waals surface area contributed by atoms with Gasteiger partial charge in [0.2, 0.25) is 0 Å². The molecular weight excluding hydrogens is 445 g/mol. The van der Waals surface area contributed by atoms with Crippen LogP contribution >= 0.6 is 24.0 Å². The van der Waals surface area contributed by atoms with Gasteiger partial charge in [0.1, 0.15) is 0 Å². The maximum atomic E-state index is 5.32. The molecule has 2 N–H and O–H groups in total. The molecule has 0 atom stereocenters. The van der Waals surface area contributed by atoms with E-state index in [-0.39, 0.29) is 24.0 Å². The van der Waals surface area contributed by atoms with Gasteiger partial charge in [-0.2, -0.15) is 0 Å². The predicted octanol–water partition coefficient (Wildman–Crippen LogP) is 3.66. The number of hydrogen-bond donors (Lipinski definition) is 2. The third-order valence-electron chi connectivity index (χ3n) is 3.73. The van der Waals surface area contributed by atoms with Crippen molar-refractivity contribution in [1.82, 2.24) is 5.32 Å². The predicted molar refractivity (Wildman–Crippen MR) is 116 cm³/mol. The summed E-state index contributed by atoms with van der Waals surface area (Å²) in [7, 11) is 6.66. The number of rotatable bonds is 7. The molecular formula is C19H26IN3O3. The van der Waals surface area contributed by atoms with E-state index in [1.54, 1.807) is 28.4 Å². The lowest BCUT2D eigenvalue weighted by Gasteiger charge is -2.15. The van der Waals surface area contributed by atoms with Crippen molar-refractivity contribution >= 4 is 35.6 Å². The maximum Gasteiger partial charge on any atom is 0.195 e. The SMILES string of the molecule is CN=C(NCc1ccccc1COC)Nc1ccc(OC)c(OC)c1.I. The van der Waals surface area contributed by atoms with Gasteiger partial charge in [-0.15, -0.1) is 24.0 Å². The maximum absolute atomic E-state index is 5.32. The Labute approximate surface area is 172 Å². The van der Waals surface area contributed by atoms with Gasteiger partial charge in [0, 0.05) is 32.5 Å². The van der Waals surface area contributed by atoms with Crippen LogP contribution in [-0.2, 0) is 17.9 Å². The van der Waals surface area contributed by atoms with Crippen LogP contribution in [0.1, 0.15) is 11.1 Å². The molecule has 0 radical (unpaired) electrons. The van der Waals surface area contributed by atoms with Crippen molar-refractivity contribution < 1.29 is 14.2 Å². The van der Waals surface area contributed by atoms with E-state index in [2.05, 4.69) is 27.8 Å². The van der Waals surface area contributed by atoms with Crippen molar-refractivity contribution in [1.29, 1.82) is 0 Å². The molecule has 0 aliphatic carbocycles. The molecule has 2 rings (SSSR count). The lowest BCUT2D eigenvalue weighted by Crippen LogP contribution is -2.30. The van der Waals surface area contributed by atoms with E-state index in [4.69, 9.17) is 14.2 Å². The Balaban J connectivity index is 0.00000338. The number of anilines is 1. The van der Waals surface area contributed by atoms with Gasteiger partial charge in [-0.05, 0) is 23.3 Å². The Kier molecular flexibility index (Phi) is 9.82. The van der Waals surface area contributed by atoms with Crippen LogP contribution in [-0.4, -0.2) is 34.3 Å². The summed E-state index contributed by atoms with van der Waals surface area (Å²) in [5.41, 5.74) is 3.18. The van der Waals surface area contributed by atoms with Crippen LogP contribution in [0, 0.1) is 0 Å². The fourth-order valence-corrected chi connectivity index (χ4v) is 2.44. The molecule has 0 unspecified atom stereocenters. The smallest absolute Gasteiger partial charge is 0.195 e. The third kappa shape index (κ3) is 6.06. The minimum absolute atomic E-state index is 0. The molecule has 0 bridgehead atoms. The molecule has 0 spiro atoms. The zero-order valence-electron chi connectivity index (χ0n) is 15.5. The molecule has 0 amide bonds. The topological polar surface area (TPSA) is 64.1 Å². The number of nitrogens with one attached hydrogen (secondary N) is 2. The van der Waals surface area contributed by atoms with Crippen LogP contribution < -0.4 is 20.1 Å². The summed E-state index contributed by atoms with van der Waals surface area (Å²) in [4.78, 5) is 4.26. The summed E-state index contributed by atoms with van der Waals surface area (Å²) < 4.78 is 15.8. The van der Waals surface area contributed by atoms with Crippen molar-refractivity contribution in [2.24, 2.45) is 4.99 Å². The number of aliphatic imine (C=N–C) groups is 1. The number of methoxy groups -OCH3 is 3. The van der Waals surface area contributed by atoms with Crippen LogP contribution in [0.15, 0.2) is 47.5 Å². The van der Waals surface area contributed by atoms with E-state index in [1.807, 2.05) is 30.3 Å². The molecule has 2 aromatic rings. The van der Waals surface area contributed by atoms with Gasteiger partial charge in [0.05, 0.1) is 20.8 Å². The fraction of sp³-hybridized carbons (Fsp3) is 0.316. The first kappa shape index (κ1) is 22.0. The Morgan fingerprint density at radius 1 is 0.962 bits per heavy atom. The van der Waals surface area contributed by atoms with E-state index < -0.39 is 0 Å². The Morgan fingerprint density at radius 2 is 1.65 bits per heavy atom. The van der Waals surface area contributed by atoms with Gasteiger partial charge < -0.3 is 24.8 Å². The van der Waals surface area contributed by atoms with Crippen molar-refractivity contribution in [2.45, 2.75) is 13.2 Å². The second-order valence-electron chi connectivity index (χ2n) is 5.32. The minimum Gasteiger partial charge on any atom is -0.493 e. The van der Waals surface area contributed by atoms with Crippen LogP contribution in [0.5, 0.6) is 11.5 Å². The fourth-order valence-electron chi connectivity index (χ4n) is 2.44. The molecule has 0 saturated heterocycles. The zero-order valence-corrected chi connectivity index (χ0v) is 17.9. The second-order valence-corrected chi connectivity index (χ2v) is 5.32. The van der Waals surface area contributed by atoms with Crippen LogP contribution in [0.25, 0.3) is 0 Å². The summed E-state index contributed by atoms with van der Waals surface area (Å²) in [5, 5.41) is 6.56. The van der Waals surface area contributed by atoms with Crippen LogP contribution in [0.4, 0.5) is 5.69 Å². The normalized spacial score (nSPS) is 10.7. The lowest BCUT2D eigenvalue weighted by atomic mass is 10.1. The molecule has 2 aromatic carbocycles. The van der Waals surface area contributed by atoms with Crippen molar-refractivity contribution in [3.8, 4) is 11.5 Å². The largest absolute Gasteiger partial charge is 0.493 e. The molecule has 0 aliphatic heterocycles. The number of nitrogens with zero attached hydrogens (tertiary/aromatic N) is 1. The first-order valence-corrected chi connectivity index (χ1v) is 7.97. The molecule has 0 aromatic heterocycles. The molecule has 0 fully saturated rings. The van der Waals surface area contributed by atoms with Gasteiger partial charge in [-0.1, -0.05) is 24.3 Å². The Bertz CT molecular complexity index is 723. The first-order valence-electron chi connectivity index (χ1n) is 7.97. The van der Waals surface area contributed by atoms with E-state index in [1.165, 1.54) is 5.56 Å². The third-order valence-corrected chi connectivity index (χ3v) is 3.73. The van der Waals surface area contributed by atoms with E-state index in [0.717, 1.165) is 11.3 Å². The molecule has 0 heterocycles. The minimum atomic E-state index is 0. The van der Waals surface area contributed by atoms with Crippen molar-refractivity contribution in [3.05, 3.63) is 53.6 Å². The van der Waals surface area contributed by atoms with Gasteiger partial charge in [-0.3, -0.25) is 4.99 Å². The summed E-state index contributed by atoms with van der Waals surface area (Å²) in [5.74, 6) is 2.01. The Morgan fingerprint density at radius 3 is 2.27 bits per heavy atom. The molecule has 0 saturated carbocycles. The first-order chi connectivity index (χ1) is 12.2. The lowest BCUT2D eigenvalue weighted by molar-refractivity contribution is 0.184. The highest BCUT2D eigenvalue weighted by molar-refractivity contribution is 14.0. The van der Waals surface area contributed by atoms with Gasteiger partial charge in [-0.25, -0.2) is 0 Å². The summed E-state index contributed by atoms with van der Waals surface area (Å²) in [6, 6.07) is 13.8. The van der Waals surface area contributed by atoms with Crippen molar-refractivity contribution in [3.63, 3.8) is 0 Å². The number of halogens is 1. The highest BCUT2D eigenvalue weighted by Gasteiger charge is 2.07. The molecule has 0 aliphatic rings. The molecule has 26 heavy (non-hydrogen) atoms. The summed E-state index contributed by atoms with van der Waals surface area (Å²) in [6.07, 6.45) is 0. The number of ether oxygens (including phenoxy) is 3. The summed E-state index contributed by atoms with van der Waals surface area (Å²) >= 11 is 0. The summed E-state index contributed by atoms with van der Waals surface area (Å²) in [6.45, 7) is 1.23. The molecule has 6 nitrogen and oxygen atoms in total. The highest BCUT2D eigenvalue weighted by Crippen LogP contribution is 2.29. The van der Waals surface area contributed by atoms with Crippen LogP contribution in [0.3, 0.4) is 0 Å². The van der Waals surface area contributed by atoms with Gasteiger partial charge >= 0.3 is 0 Å². The van der Waals surface area contributed by atoms with Gasteiger partial charge in [0.25, 0.3) is 0 Å². The quantitative estimate of drug-likeness (QED) is 0.367. The number of hydrogen-bond acceptors (Lipinski definition) is 4.